The third-order valence-corrected chi connectivity index (χ3v) is 5.16. The van der Waals surface area contributed by atoms with Gasteiger partial charge in [0.1, 0.15) is 11.0 Å². The average Bonchev–Trinajstić information content (AvgIpc) is 3.01. The molecule has 0 aromatic heterocycles. The zero-order valence-corrected chi connectivity index (χ0v) is 16.6. The molecule has 30 heavy (non-hydrogen) atoms. The van der Waals surface area contributed by atoms with Crippen molar-refractivity contribution in [2.75, 3.05) is 12.0 Å². The number of methoxy groups -OCH3 is 1. The second kappa shape index (κ2) is 9.18. The lowest BCUT2D eigenvalue weighted by molar-refractivity contribution is -0.385. The number of ether oxygens (including phenoxy) is 1. The zero-order valence-electron chi connectivity index (χ0n) is 15.8. The van der Waals surface area contributed by atoms with E-state index in [2.05, 4.69) is 10.2 Å². The standard InChI is InChI=1S/C19H17N5O5S/c1-29-14-8-6-13(7-9-14)23-17(25)10-16(18(23)26)30-19(20)22-21-11-12-4-2-3-5-15(12)24(27)28/h2-9,11,16H,10H2,1H3,(H2,20,22)/t16-/m0/s1. The molecule has 2 amide bonds. The Morgan fingerprint density at radius 1 is 1.27 bits per heavy atom. The number of nitro benzene ring substituents is 1. The summed E-state index contributed by atoms with van der Waals surface area (Å²) in [7, 11) is 1.52. The quantitative estimate of drug-likeness (QED) is 0.245. The molecule has 11 heteroatoms. The van der Waals surface area contributed by atoms with Crippen LogP contribution in [0.3, 0.4) is 0 Å². The van der Waals surface area contributed by atoms with Crippen molar-refractivity contribution in [3.05, 3.63) is 64.2 Å². The van der Waals surface area contributed by atoms with Crippen molar-refractivity contribution in [3.63, 3.8) is 0 Å². The Hall–Kier alpha value is -3.73. The number of para-hydroxylation sites is 1. The van der Waals surface area contributed by atoms with Crippen molar-refractivity contribution in [1.29, 1.82) is 0 Å². The second-order valence-electron chi connectivity index (χ2n) is 6.07. The fraction of sp³-hybridized carbons (Fsp3) is 0.158. The van der Waals surface area contributed by atoms with Gasteiger partial charge in [-0.25, -0.2) is 4.90 Å². The van der Waals surface area contributed by atoms with E-state index in [1.54, 1.807) is 36.4 Å². The number of amides is 2. The molecule has 0 spiro atoms. The monoisotopic (exact) mass is 427 g/mol. The number of carbonyl (C=O) groups excluding carboxylic acids is 2. The first-order chi connectivity index (χ1) is 14.4. The lowest BCUT2D eigenvalue weighted by Gasteiger charge is -2.15. The summed E-state index contributed by atoms with van der Waals surface area (Å²) in [5, 5.41) is 17.8. The van der Waals surface area contributed by atoms with Crippen LogP contribution in [0.1, 0.15) is 12.0 Å². The number of hydrogen-bond donors (Lipinski definition) is 1. The summed E-state index contributed by atoms with van der Waals surface area (Å²) in [6, 6.07) is 12.6. The SMILES string of the molecule is COc1ccc(N2C(=O)C[C@H](SC(N)=NN=Cc3ccccc3[N+](=O)[O-])C2=O)cc1. The third-order valence-electron chi connectivity index (χ3n) is 4.19. The van der Waals surface area contributed by atoms with Crippen LogP contribution in [0.15, 0.2) is 58.7 Å². The fourth-order valence-electron chi connectivity index (χ4n) is 2.78. The average molecular weight is 427 g/mol. The molecule has 154 valence electrons. The molecule has 1 heterocycles. The molecule has 1 aliphatic rings. The molecule has 10 nitrogen and oxygen atoms in total. The van der Waals surface area contributed by atoms with Crippen molar-refractivity contribution in [1.82, 2.24) is 0 Å². The summed E-state index contributed by atoms with van der Waals surface area (Å²) in [4.78, 5) is 36.5. The van der Waals surface area contributed by atoms with E-state index in [1.165, 1.54) is 25.5 Å². The summed E-state index contributed by atoms with van der Waals surface area (Å²) in [6.07, 6.45) is 1.18. The van der Waals surface area contributed by atoms with Crippen LogP contribution < -0.4 is 15.4 Å². The number of rotatable bonds is 6. The molecule has 2 N–H and O–H groups in total. The largest absolute Gasteiger partial charge is 0.497 e. The number of amidine groups is 1. The van der Waals surface area contributed by atoms with E-state index in [4.69, 9.17) is 10.5 Å². The maximum atomic E-state index is 12.7. The first-order valence-electron chi connectivity index (χ1n) is 8.68. The molecular formula is C19H17N5O5S. The lowest BCUT2D eigenvalue weighted by Crippen LogP contribution is -2.31. The number of hydrogen-bond acceptors (Lipinski definition) is 8. The Balaban J connectivity index is 1.68. The minimum atomic E-state index is -0.732. The van der Waals surface area contributed by atoms with Gasteiger partial charge in [0.05, 0.1) is 29.5 Å². The minimum Gasteiger partial charge on any atom is -0.497 e. The van der Waals surface area contributed by atoms with Crippen LogP contribution in [-0.2, 0) is 9.59 Å². The summed E-state index contributed by atoms with van der Waals surface area (Å²) >= 11 is 0.914. The van der Waals surface area contributed by atoms with Crippen LogP contribution in [0.4, 0.5) is 11.4 Å². The van der Waals surface area contributed by atoms with E-state index >= 15 is 0 Å². The Morgan fingerprint density at radius 3 is 2.63 bits per heavy atom. The van der Waals surface area contributed by atoms with E-state index in [1.807, 2.05) is 0 Å². The van der Waals surface area contributed by atoms with Gasteiger partial charge in [0.25, 0.3) is 5.69 Å². The number of imide groups is 1. The van der Waals surface area contributed by atoms with Crippen LogP contribution in [0.2, 0.25) is 0 Å². The van der Waals surface area contributed by atoms with Gasteiger partial charge in [-0.2, -0.15) is 5.10 Å². The Kier molecular flexibility index (Phi) is 6.42. The van der Waals surface area contributed by atoms with E-state index in [0.717, 1.165) is 16.7 Å². The molecule has 1 fully saturated rings. The molecule has 1 aliphatic heterocycles. The third kappa shape index (κ3) is 4.63. The van der Waals surface area contributed by atoms with Crippen molar-refractivity contribution in [2.45, 2.75) is 11.7 Å². The van der Waals surface area contributed by atoms with E-state index < -0.39 is 16.1 Å². The normalized spacial score (nSPS) is 17.0. The Morgan fingerprint density at radius 2 is 1.97 bits per heavy atom. The summed E-state index contributed by atoms with van der Waals surface area (Å²) < 4.78 is 5.07. The molecule has 0 bridgehead atoms. The van der Waals surface area contributed by atoms with Crippen LogP contribution in [-0.4, -0.2) is 40.5 Å². The number of nitrogens with zero attached hydrogens (tertiary/aromatic N) is 4. The van der Waals surface area contributed by atoms with E-state index in [0.29, 0.717) is 11.4 Å². The molecule has 3 rings (SSSR count). The number of carbonyl (C=O) groups is 2. The van der Waals surface area contributed by atoms with Crippen LogP contribution >= 0.6 is 11.8 Å². The van der Waals surface area contributed by atoms with Crippen LogP contribution in [0.5, 0.6) is 5.75 Å². The highest BCUT2D eigenvalue weighted by Gasteiger charge is 2.40. The molecule has 1 saturated heterocycles. The fourth-order valence-corrected chi connectivity index (χ4v) is 3.60. The number of thioether (sulfide) groups is 1. The molecule has 2 aromatic carbocycles. The van der Waals surface area contributed by atoms with Gasteiger partial charge in [0, 0.05) is 12.5 Å². The summed E-state index contributed by atoms with van der Waals surface area (Å²) in [5.74, 6) is -0.147. The zero-order chi connectivity index (χ0) is 21.7. The maximum absolute atomic E-state index is 12.7. The number of benzene rings is 2. The van der Waals surface area contributed by atoms with Crippen LogP contribution in [0, 0.1) is 10.1 Å². The Labute approximate surface area is 175 Å². The minimum absolute atomic E-state index is 0.0282. The van der Waals surface area contributed by atoms with Crippen molar-refractivity contribution in [3.8, 4) is 5.75 Å². The first kappa shape index (κ1) is 21.0. The number of nitrogens with two attached hydrogens (primary N) is 1. The van der Waals surface area contributed by atoms with E-state index in [-0.39, 0.29) is 28.7 Å². The smallest absolute Gasteiger partial charge is 0.278 e. The van der Waals surface area contributed by atoms with Crippen LogP contribution in [0.25, 0.3) is 0 Å². The molecule has 0 aliphatic carbocycles. The highest BCUT2D eigenvalue weighted by atomic mass is 32.2. The van der Waals surface area contributed by atoms with Gasteiger partial charge in [0.2, 0.25) is 11.8 Å². The molecule has 0 radical (unpaired) electrons. The highest BCUT2D eigenvalue weighted by molar-refractivity contribution is 8.14. The van der Waals surface area contributed by atoms with Crippen molar-refractivity contribution in [2.24, 2.45) is 15.9 Å². The van der Waals surface area contributed by atoms with Gasteiger partial charge >= 0.3 is 0 Å². The van der Waals surface area contributed by atoms with Gasteiger partial charge in [-0.05, 0) is 30.3 Å². The summed E-state index contributed by atoms with van der Waals surface area (Å²) in [6.45, 7) is 0. The topological polar surface area (TPSA) is 140 Å². The summed E-state index contributed by atoms with van der Waals surface area (Å²) in [5.41, 5.74) is 6.40. The van der Waals surface area contributed by atoms with Crippen molar-refractivity contribution >= 4 is 46.3 Å². The highest BCUT2D eigenvalue weighted by Crippen LogP contribution is 2.30. The molecular weight excluding hydrogens is 410 g/mol. The van der Waals surface area contributed by atoms with Gasteiger partial charge in [-0.1, -0.05) is 23.9 Å². The molecule has 2 aromatic rings. The number of anilines is 1. The lowest BCUT2D eigenvalue weighted by atomic mass is 10.2. The van der Waals surface area contributed by atoms with Gasteiger partial charge in [0.15, 0.2) is 5.17 Å². The van der Waals surface area contributed by atoms with E-state index in [9.17, 15) is 19.7 Å². The van der Waals surface area contributed by atoms with Gasteiger partial charge in [-0.3, -0.25) is 19.7 Å². The molecule has 0 unspecified atom stereocenters. The second-order valence-corrected chi connectivity index (χ2v) is 7.30. The Bertz CT molecular complexity index is 1040. The molecule has 1 atom stereocenters. The van der Waals surface area contributed by atoms with Gasteiger partial charge in [-0.15, -0.1) is 5.10 Å². The van der Waals surface area contributed by atoms with Gasteiger partial charge < -0.3 is 10.5 Å². The predicted molar refractivity (Wildman–Crippen MR) is 114 cm³/mol. The number of nitro groups is 1. The van der Waals surface area contributed by atoms with Crippen molar-refractivity contribution < 1.29 is 19.2 Å². The maximum Gasteiger partial charge on any atom is 0.278 e. The molecule has 0 saturated carbocycles. The first-order valence-corrected chi connectivity index (χ1v) is 9.56. The predicted octanol–water partition coefficient (Wildman–Crippen LogP) is 2.32.